The van der Waals surface area contributed by atoms with Crippen LogP contribution in [0.3, 0.4) is 0 Å². The Kier molecular flexibility index (Phi) is 8.40. The molecule has 1 fully saturated rings. The van der Waals surface area contributed by atoms with E-state index in [0.29, 0.717) is 35.7 Å². The van der Waals surface area contributed by atoms with Crippen LogP contribution in [-0.4, -0.2) is 57.2 Å². The molecular formula is C27H34N4O6. The van der Waals surface area contributed by atoms with Gasteiger partial charge in [-0.05, 0) is 55.5 Å². The van der Waals surface area contributed by atoms with Gasteiger partial charge in [-0.15, -0.1) is 0 Å². The maximum absolute atomic E-state index is 11.0. The Labute approximate surface area is 215 Å². The van der Waals surface area contributed by atoms with Crippen molar-refractivity contribution in [1.29, 1.82) is 0 Å². The number of hydrogen-bond acceptors (Lipinski definition) is 9. The van der Waals surface area contributed by atoms with Crippen molar-refractivity contribution in [3.8, 4) is 34.5 Å². The van der Waals surface area contributed by atoms with Crippen LogP contribution < -0.4 is 15.2 Å². The molecule has 10 nitrogen and oxygen atoms in total. The number of carbonyl (C=O) groups excluding carboxylic acids is 1. The lowest BCUT2D eigenvalue weighted by Gasteiger charge is -2.18. The van der Waals surface area contributed by atoms with Crippen molar-refractivity contribution in [2.45, 2.75) is 70.5 Å². The number of ether oxygens (including phenoxy) is 2. The second kappa shape index (κ2) is 11.7. The highest BCUT2D eigenvalue weighted by molar-refractivity contribution is 5.78. The lowest BCUT2D eigenvalue weighted by Crippen LogP contribution is -2.33. The first-order valence-corrected chi connectivity index (χ1v) is 12.6. The van der Waals surface area contributed by atoms with Crippen molar-refractivity contribution >= 4 is 5.91 Å². The predicted octanol–water partition coefficient (Wildman–Crippen LogP) is 3.31. The second-order valence-corrected chi connectivity index (χ2v) is 9.48. The van der Waals surface area contributed by atoms with Gasteiger partial charge in [0.1, 0.15) is 18.5 Å². The number of benzene rings is 1. The van der Waals surface area contributed by atoms with E-state index in [4.69, 9.17) is 19.7 Å². The Bertz CT molecular complexity index is 1240. The number of aliphatic hydroxyl groups excluding tert-OH is 2. The van der Waals surface area contributed by atoms with Crippen molar-refractivity contribution in [3.63, 3.8) is 0 Å². The predicted molar refractivity (Wildman–Crippen MR) is 136 cm³/mol. The number of carbonyl (C=O) groups is 1. The first-order chi connectivity index (χ1) is 17.8. The summed E-state index contributed by atoms with van der Waals surface area (Å²) in [5.41, 5.74) is 9.31. The first-order valence-electron chi connectivity index (χ1n) is 12.6. The van der Waals surface area contributed by atoms with Crippen LogP contribution in [-0.2, 0) is 11.2 Å². The molecule has 198 valence electrons. The molecule has 1 unspecified atom stereocenters. The minimum absolute atomic E-state index is 0.0879. The van der Waals surface area contributed by atoms with E-state index < -0.39 is 18.1 Å². The van der Waals surface area contributed by atoms with Crippen LogP contribution in [0.5, 0.6) is 11.6 Å². The van der Waals surface area contributed by atoms with Gasteiger partial charge in [0.05, 0.1) is 13.2 Å². The molecule has 1 saturated carbocycles. The van der Waals surface area contributed by atoms with Gasteiger partial charge in [0, 0.05) is 35.2 Å². The average molecular weight is 511 g/mol. The quantitative estimate of drug-likeness (QED) is 0.352. The first kappa shape index (κ1) is 26.6. The maximum Gasteiger partial charge on any atom is 0.258 e. The molecule has 2 atom stereocenters. The SMILES string of the molecule is CCc1cc(-c2nc(-c3cc(OC)nc(C4CCCC4)c3)no2)cc(C)c1OC[C@@H](O)CC(O)C(N)=O. The topological polar surface area (TPSA) is 154 Å². The molecular weight excluding hydrogens is 476 g/mol. The van der Waals surface area contributed by atoms with Crippen LogP contribution in [0.25, 0.3) is 22.8 Å². The zero-order valence-electron chi connectivity index (χ0n) is 21.4. The monoisotopic (exact) mass is 510 g/mol. The molecule has 2 aromatic heterocycles. The van der Waals surface area contributed by atoms with Crippen LogP contribution in [0.15, 0.2) is 28.8 Å². The fourth-order valence-electron chi connectivity index (χ4n) is 4.71. The fraction of sp³-hybridized carbons (Fsp3) is 0.481. The number of nitrogens with two attached hydrogens (primary N) is 1. The number of methoxy groups -OCH3 is 1. The molecule has 2 heterocycles. The Hall–Kier alpha value is -3.50. The molecule has 1 aromatic carbocycles. The molecule has 3 aromatic rings. The number of primary amides is 1. The number of aryl methyl sites for hydroxylation is 2. The summed E-state index contributed by atoms with van der Waals surface area (Å²) in [6, 6.07) is 7.63. The Balaban J connectivity index is 1.55. The van der Waals surface area contributed by atoms with Crippen molar-refractivity contribution in [2.24, 2.45) is 5.73 Å². The summed E-state index contributed by atoms with van der Waals surface area (Å²) >= 11 is 0. The van der Waals surface area contributed by atoms with Crippen LogP contribution >= 0.6 is 0 Å². The summed E-state index contributed by atoms with van der Waals surface area (Å²) in [5, 5.41) is 23.9. The minimum Gasteiger partial charge on any atom is -0.490 e. The average Bonchev–Trinajstić information content (AvgIpc) is 3.60. The summed E-state index contributed by atoms with van der Waals surface area (Å²) in [6.45, 7) is 3.79. The number of hydrogen-bond donors (Lipinski definition) is 3. The normalized spacial score (nSPS) is 15.5. The molecule has 1 aliphatic rings. The zero-order valence-corrected chi connectivity index (χ0v) is 21.4. The minimum atomic E-state index is -1.42. The van der Waals surface area contributed by atoms with Crippen LogP contribution in [0, 0.1) is 6.92 Å². The summed E-state index contributed by atoms with van der Waals surface area (Å²) in [5.74, 6) is 1.53. The van der Waals surface area contributed by atoms with Gasteiger partial charge in [0.2, 0.25) is 17.6 Å². The van der Waals surface area contributed by atoms with Crippen LogP contribution in [0.2, 0.25) is 0 Å². The maximum atomic E-state index is 11.0. The molecule has 10 heteroatoms. The summed E-state index contributed by atoms with van der Waals surface area (Å²) in [4.78, 5) is 20.3. The second-order valence-electron chi connectivity index (χ2n) is 9.48. The zero-order chi connectivity index (χ0) is 26.5. The van der Waals surface area contributed by atoms with E-state index in [1.165, 1.54) is 12.8 Å². The van der Waals surface area contributed by atoms with Crippen LogP contribution in [0.4, 0.5) is 0 Å². The van der Waals surface area contributed by atoms with E-state index in [9.17, 15) is 15.0 Å². The van der Waals surface area contributed by atoms with Gasteiger partial charge < -0.3 is 29.9 Å². The Morgan fingerprint density at radius 3 is 2.59 bits per heavy atom. The molecule has 1 aliphatic carbocycles. The highest BCUT2D eigenvalue weighted by Crippen LogP contribution is 2.36. The Morgan fingerprint density at radius 1 is 1.16 bits per heavy atom. The molecule has 0 saturated heterocycles. The standard InChI is InChI=1S/C27H34N4O6/c1-4-16-10-19(9-15(2)24(16)36-14-20(32)13-22(33)25(28)34)27-30-26(31-37-27)18-11-21(17-7-5-6-8-17)29-23(12-18)35-3/h9-12,17,20,22,32-33H,4-8,13-14H2,1-3H3,(H2,28,34)/t20-,22?/m0/s1. The van der Waals surface area contributed by atoms with E-state index in [2.05, 4.69) is 15.1 Å². The van der Waals surface area contributed by atoms with E-state index >= 15 is 0 Å². The lowest BCUT2D eigenvalue weighted by molar-refractivity contribution is -0.127. The highest BCUT2D eigenvalue weighted by atomic mass is 16.5. The molecule has 1 amide bonds. The smallest absolute Gasteiger partial charge is 0.258 e. The molecule has 0 aliphatic heterocycles. The van der Waals surface area contributed by atoms with Crippen LogP contribution in [0.1, 0.15) is 61.8 Å². The number of pyridine rings is 1. The third-order valence-electron chi connectivity index (χ3n) is 6.71. The van der Waals surface area contributed by atoms with Gasteiger partial charge >= 0.3 is 0 Å². The summed E-state index contributed by atoms with van der Waals surface area (Å²) in [6.07, 6.45) is 2.65. The highest BCUT2D eigenvalue weighted by Gasteiger charge is 2.22. The van der Waals surface area contributed by atoms with Gasteiger partial charge in [-0.2, -0.15) is 4.98 Å². The molecule has 0 spiro atoms. The van der Waals surface area contributed by atoms with E-state index in [1.807, 2.05) is 38.1 Å². The third-order valence-corrected chi connectivity index (χ3v) is 6.71. The molecule has 4 rings (SSSR count). The number of aliphatic hydroxyl groups is 2. The van der Waals surface area contributed by atoms with Crippen molar-refractivity contribution in [1.82, 2.24) is 15.1 Å². The molecule has 0 bridgehead atoms. The summed E-state index contributed by atoms with van der Waals surface area (Å²) < 4.78 is 16.9. The lowest BCUT2D eigenvalue weighted by atomic mass is 10.0. The third kappa shape index (κ3) is 6.26. The molecule has 0 radical (unpaired) electrons. The number of nitrogens with zero attached hydrogens (tertiary/aromatic N) is 3. The van der Waals surface area contributed by atoms with Crippen molar-refractivity contribution in [3.05, 3.63) is 41.1 Å². The van der Waals surface area contributed by atoms with Gasteiger partial charge in [0.25, 0.3) is 5.89 Å². The molecule has 4 N–H and O–H groups in total. The van der Waals surface area contributed by atoms with Gasteiger partial charge in [-0.1, -0.05) is 24.9 Å². The van der Waals surface area contributed by atoms with E-state index in [-0.39, 0.29) is 13.0 Å². The fourth-order valence-corrected chi connectivity index (χ4v) is 4.71. The van der Waals surface area contributed by atoms with E-state index in [1.54, 1.807) is 7.11 Å². The summed E-state index contributed by atoms with van der Waals surface area (Å²) in [7, 11) is 1.60. The number of rotatable bonds is 11. The molecule has 37 heavy (non-hydrogen) atoms. The van der Waals surface area contributed by atoms with Crippen molar-refractivity contribution in [2.75, 3.05) is 13.7 Å². The van der Waals surface area contributed by atoms with Gasteiger partial charge in [-0.3, -0.25) is 4.79 Å². The number of aromatic nitrogens is 3. The van der Waals surface area contributed by atoms with E-state index in [0.717, 1.165) is 40.8 Å². The largest absolute Gasteiger partial charge is 0.490 e. The number of amides is 1. The van der Waals surface area contributed by atoms with Gasteiger partial charge in [0.15, 0.2) is 0 Å². The van der Waals surface area contributed by atoms with Gasteiger partial charge in [-0.25, -0.2) is 4.98 Å². The van der Waals surface area contributed by atoms with Crippen molar-refractivity contribution < 1.29 is 29.0 Å². The Morgan fingerprint density at radius 2 is 1.92 bits per heavy atom.